The van der Waals surface area contributed by atoms with E-state index in [4.69, 9.17) is 0 Å². The minimum atomic E-state index is 0.357. The number of nitrogens with one attached hydrogen (secondary N) is 1. The van der Waals surface area contributed by atoms with E-state index in [1.807, 2.05) is 0 Å². The van der Waals surface area contributed by atoms with Gasteiger partial charge >= 0.3 is 0 Å². The zero-order valence-corrected chi connectivity index (χ0v) is 14.8. The van der Waals surface area contributed by atoms with Crippen LogP contribution in [-0.2, 0) is 0 Å². The number of rotatable bonds is 8. The van der Waals surface area contributed by atoms with E-state index >= 15 is 0 Å². The van der Waals surface area contributed by atoms with E-state index in [0.29, 0.717) is 5.54 Å². The molecule has 1 aliphatic rings. The fourth-order valence-electron chi connectivity index (χ4n) is 3.65. The molecule has 120 valence electrons. The molecule has 0 aliphatic carbocycles. The third-order valence-corrected chi connectivity index (χ3v) is 5.96. The van der Waals surface area contributed by atoms with Crippen LogP contribution in [0.5, 0.6) is 0 Å². The lowest BCUT2D eigenvalue weighted by atomic mass is 9.84. The Labute approximate surface area is 127 Å². The van der Waals surface area contributed by atoms with Crippen molar-refractivity contribution in [2.24, 2.45) is 11.8 Å². The highest BCUT2D eigenvalue weighted by atomic mass is 15.3. The Hall–Kier alpha value is -0.0800. The van der Waals surface area contributed by atoms with E-state index in [1.54, 1.807) is 0 Å². The second-order valence-corrected chi connectivity index (χ2v) is 6.93. The highest BCUT2D eigenvalue weighted by Gasteiger charge is 2.38. The van der Waals surface area contributed by atoms with E-state index < -0.39 is 0 Å². The van der Waals surface area contributed by atoms with Crippen molar-refractivity contribution in [3.8, 4) is 0 Å². The Bertz CT molecular complexity index is 256. The van der Waals surface area contributed by atoms with Gasteiger partial charge in [0, 0.05) is 31.2 Å². The molecule has 2 heteroatoms. The SMILES string of the molecule is CCC(CC)CN1CC(CC)(CC)NCC1C(C)CC. The Morgan fingerprint density at radius 1 is 1.05 bits per heavy atom. The molecule has 2 unspecified atom stereocenters. The van der Waals surface area contributed by atoms with Gasteiger partial charge in [-0.2, -0.15) is 0 Å². The van der Waals surface area contributed by atoms with Gasteiger partial charge in [-0.15, -0.1) is 0 Å². The quantitative estimate of drug-likeness (QED) is 0.714. The molecule has 0 aromatic carbocycles. The van der Waals surface area contributed by atoms with Crippen LogP contribution in [-0.4, -0.2) is 36.1 Å². The van der Waals surface area contributed by atoms with Crippen LogP contribution in [0.3, 0.4) is 0 Å². The summed E-state index contributed by atoms with van der Waals surface area (Å²) >= 11 is 0. The smallest absolute Gasteiger partial charge is 0.0304 e. The molecule has 2 atom stereocenters. The largest absolute Gasteiger partial charge is 0.308 e. The topological polar surface area (TPSA) is 15.3 Å². The molecule has 0 amide bonds. The van der Waals surface area contributed by atoms with Crippen molar-refractivity contribution in [1.29, 1.82) is 0 Å². The summed E-state index contributed by atoms with van der Waals surface area (Å²) in [5.74, 6) is 1.66. The van der Waals surface area contributed by atoms with Crippen molar-refractivity contribution in [2.75, 3.05) is 19.6 Å². The number of hydrogen-bond donors (Lipinski definition) is 1. The Kier molecular flexibility index (Phi) is 7.53. The lowest BCUT2D eigenvalue weighted by Crippen LogP contribution is -2.65. The number of hydrogen-bond acceptors (Lipinski definition) is 2. The second-order valence-electron chi connectivity index (χ2n) is 6.93. The minimum Gasteiger partial charge on any atom is -0.308 e. The molecular weight excluding hydrogens is 244 g/mol. The summed E-state index contributed by atoms with van der Waals surface area (Å²) in [7, 11) is 0. The highest BCUT2D eigenvalue weighted by Crippen LogP contribution is 2.28. The van der Waals surface area contributed by atoms with Crippen LogP contribution >= 0.6 is 0 Å². The lowest BCUT2D eigenvalue weighted by Gasteiger charge is -2.50. The maximum absolute atomic E-state index is 3.89. The molecule has 2 nitrogen and oxygen atoms in total. The van der Waals surface area contributed by atoms with Crippen LogP contribution in [0.2, 0.25) is 0 Å². The van der Waals surface area contributed by atoms with Crippen molar-refractivity contribution in [1.82, 2.24) is 10.2 Å². The first-order chi connectivity index (χ1) is 9.55. The van der Waals surface area contributed by atoms with E-state index in [0.717, 1.165) is 17.9 Å². The molecule has 0 aromatic rings. The van der Waals surface area contributed by atoms with E-state index in [9.17, 15) is 0 Å². The van der Waals surface area contributed by atoms with Crippen molar-refractivity contribution in [2.45, 2.75) is 85.2 Å². The zero-order valence-electron chi connectivity index (χ0n) is 14.8. The fourth-order valence-corrected chi connectivity index (χ4v) is 3.65. The third kappa shape index (κ3) is 4.21. The molecule has 1 N–H and O–H groups in total. The van der Waals surface area contributed by atoms with E-state index in [1.165, 1.54) is 51.7 Å². The first-order valence-electron chi connectivity index (χ1n) is 9.04. The van der Waals surface area contributed by atoms with Gasteiger partial charge in [0.05, 0.1) is 0 Å². The normalized spacial score (nSPS) is 25.1. The number of nitrogens with zero attached hydrogens (tertiary/aromatic N) is 1. The monoisotopic (exact) mass is 282 g/mol. The Morgan fingerprint density at radius 3 is 2.10 bits per heavy atom. The van der Waals surface area contributed by atoms with Crippen LogP contribution < -0.4 is 5.32 Å². The summed E-state index contributed by atoms with van der Waals surface area (Å²) in [6.45, 7) is 17.9. The van der Waals surface area contributed by atoms with Crippen LogP contribution in [0.15, 0.2) is 0 Å². The van der Waals surface area contributed by atoms with Crippen LogP contribution in [0.25, 0.3) is 0 Å². The molecule has 0 spiro atoms. The van der Waals surface area contributed by atoms with Crippen molar-refractivity contribution >= 4 is 0 Å². The molecule has 1 rings (SSSR count). The maximum atomic E-state index is 3.89. The van der Waals surface area contributed by atoms with E-state index in [-0.39, 0.29) is 0 Å². The van der Waals surface area contributed by atoms with Crippen LogP contribution in [0.4, 0.5) is 0 Å². The van der Waals surface area contributed by atoms with Gasteiger partial charge in [0.1, 0.15) is 0 Å². The molecular formula is C18H38N2. The molecule has 0 bridgehead atoms. The van der Waals surface area contributed by atoms with Gasteiger partial charge < -0.3 is 5.32 Å². The van der Waals surface area contributed by atoms with Crippen molar-refractivity contribution in [3.05, 3.63) is 0 Å². The summed E-state index contributed by atoms with van der Waals surface area (Å²) in [5, 5.41) is 3.89. The number of piperazine rings is 1. The van der Waals surface area contributed by atoms with Gasteiger partial charge in [-0.3, -0.25) is 4.90 Å². The van der Waals surface area contributed by atoms with Crippen LogP contribution in [0.1, 0.15) is 73.6 Å². The molecule has 1 saturated heterocycles. The van der Waals surface area contributed by atoms with Crippen molar-refractivity contribution in [3.63, 3.8) is 0 Å². The molecule has 0 aromatic heterocycles. The summed E-state index contributed by atoms with van der Waals surface area (Å²) in [6, 6.07) is 0.729. The minimum absolute atomic E-state index is 0.357. The first kappa shape index (κ1) is 18.0. The van der Waals surface area contributed by atoms with E-state index in [2.05, 4.69) is 51.8 Å². The lowest BCUT2D eigenvalue weighted by molar-refractivity contribution is 0.0328. The third-order valence-electron chi connectivity index (χ3n) is 5.96. The molecule has 1 fully saturated rings. The summed E-state index contributed by atoms with van der Waals surface area (Å²) in [5.41, 5.74) is 0.357. The average molecular weight is 283 g/mol. The Morgan fingerprint density at radius 2 is 1.65 bits per heavy atom. The van der Waals surface area contributed by atoms with Gasteiger partial charge in [-0.1, -0.05) is 60.8 Å². The van der Waals surface area contributed by atoms with Crippen LogP contribution in [0, 0.1) is 11.8 Å². The predicted octanol–water partition coefficient (Wildman–Crippen LogP) is 4.30. The highest BCUT2D eigenvalue weighted by molar-refractivity contribution is 4.98. The first-order valence-corrected chi connectivity index (χ1v) is 9.04. The zero-order chi connectivity index (χ0) is 15.2. The predicted molar refractivity (Wildman–Crippen MR) is 90.2 cm³/mol. The summed E-state index contributed by atoms with van der Waals surface area (Å²) < 4.78 is 0. The second kappa shape index (κ2) is 8.38. The molecule has 0 radical (unpaired) electrons. The average Bonchev–Trinajstić information content (AvgIpc) is 2.51. The van der Waals surface area contributed by atoms with Gasteiger partial charge in [-0.25, -0.2) is 0 Å². The molecule has 1 heterocycles. The van der Waals surface area contributed by atoms with Crippen molar-refractivity contribution < 1.29 is 0 Å². The maximum Gasteiger partial charge on any atom is 0.0304 e. The standard InChI is InChI=1S/C18H38N2/c1-7-15(6)17-12-19-18(10-4,11-5)14-20(17)13-16(8-2)9-3/h15-17,19H,7-14H2,1-6H3. The van der Waals surface area contributed by atoms with Gasteiger partial charge in [-0.05, 0) is 24.7 Å². The van der Waals surface area contributed by atoms with Gasteiger partial charge in [0.25, 0.3) is 0 Å². The fraction of sp³-hybridized carbons (Fsp3) is 1.00. The van der Waals surface area contributed by atoms with Gasteiger partial charge in [0.2, 0.25) is 0 Å². The molecule has 0 saturated carbocycles. The van der Waals surface area contributed by atoms with Gasteiger partial charge in [0.15, 0.2) is 0 Å². The Balaban J connectivity index is 2.82. The summed E-state index contributed by atoms with van der Waals surface area (Å²) in [4.78, 5) is 2.83. The molecule has 20 heavy (non-hydrogen) atoms. The molecule has 1 aliphatic heterocycles. The summed E-state index contributed by atoms with van der Waals surface area (Å²) in [6.07, 6.45) is 6.42.